The fourth-order valence-corrected chi connectivity index (χ4v) is 8.88. The van der Waals surface area contributed by atoms with E-state index in [0.717, 1.165) is 33.5 Å². The SMILES string of the molecule is c1ccc(-c2nc(-c3ccccc3)nc(-c3ccc(-c4ccc(-n5c6ccccc6c6c7c8ccccc8c8cc9ccccc9n8c7ccc65)cc4)cc3)n2)cc1. The third-order valence-electron chi connectivity index (χ3n) is 11.5. The second-order valence-electron chi connectivity index (χ2n) is 14.8. The Labute approximate surface area is 333 Å². The maximum atomic E-state index is 4.93. The molecule has 0 bridgehead atoms. The highest BCUT2D eigenvalue weighted by atomic mass is 15.0. The molecular formula is C53H33N5. The van der Waals surface area contributed by atoms with E-state index in [9.17, 15) is 0 Å². The van der Waals surface area contributed by atoms with Gasteiger partial charge in [0.1, 0.15) is 0 Å². The molecular weight excluding hydrogens is 707 g/mol. The van der Waals surface area contributed by atoms with Gasteiger partial charge in [-0.15, -0.1) is 0 Å². The van der Waals surface area contributed by atoms with Gasteiger partial charge in [0, 0.05) is 49.3 Å². The van der Waals surface area contributed by atoms with Crippen molar-refractivity contribution < 1.29 is 0 Å². The molecule has 0 aliphatic heterocycles. The Kier molecular flexibility index (Phi) is 7.16. The Morgan fingerprint density at radius 2 is 0.759 bits per heavy atom. The lowest BCUT2D eigenvalue weighted by molar-refractivity contribution is 1.07. The second-order valence-corrected chi connectivity index (χ2v) is 14.8. The molecule has 0 fully saturated rings. The zero-order chi connectivity index (χ0) is 38.2. The summed E-state index contributed by atoms with van der Waals surface area (Å²) >= 11 is 0. The molecule has 0 aliphatic carbocycles. The van der Waals surface area contributed by atoms with Crippen LogP contribution < -0.4 is 0 Å². The molecule has 0 unspecified atom stereocenters. The van der Waals surface area contributed by atoms with E-state index in [2.05, 4.69) is 148 Å². The minimum atomic E-state index is 0.645. The van der Waals surface area contributed by atoms with Crippen molar-refractivity contribution in [2.75, 3.05) is 0 Å². The molecule has 12 rings (SSSR count). The highest BCUT2D eigenvalue weighted by molar-refractivity contribution is 6.30. The zero-order valence-electron chi connectivity index (χ0n) is 31.3. The van der Waals surface area contributed by atoms with E-state index in [1.165, 1.54) is 59.9 Å². The van der Waals surface area contributed by atoms with Gasteiger partial charge >= 0.3 is 0 Å². The highest BCUT2D eigenvalue weighted by Gasteiger charge is 2.20. The maximum Gasteiger partial charge on any atom is 0.164 e. The molecule has 0 saturated heterocycles. The van der Waals surface area contributed by atoms with Gasteiger partial charge in [-0.05, 0) is 59.0 Å². The molecule has 0 saturated carbocycles. The molecule has 0 spiro atoms. The van der Waals surface area contributed by atoms with E-state index in [4.69, 9.17) is 15.0 Å². The number of rotatable bonds is 5. The molecule has 0 atom stereocenters. The fraction of sp³-hybridized carbons (Fsp3) is 0. The number of nitrogens with zero attached hydrogens (tertiary/aromatic N) is 5. The lowest BCUT2D eigenvalue weighted by Gasteiger charge is -2.13. The van der Waals surface area contributed by atoms with Gasteiger partial charge in [-0.2, -0.15) is 0 Å². The minimum Gasteiger partial charge on any atom is -0.309 e. The molecule has 8 aromatic carbocycles. The van der Waals surface area contributed by atoms with Crippen molar-refractivity contribution in [3.63, 3.8) is 0 Å². The molecule has 0 aliphatic rings. The lowest BCUT2D eigenvalue weighted by atomic mass is 10.00. The van der Waals surface area contributed by atoms with Gasteiger partial charge in [0.15, 0.2) is 17.5 Å². The summed E-state index contributed by atoms with van der Waals surface area (Å²) < 4.78 is 4.86. The van der Waals surface area contributed by atoms with E-state index in [1.54, 1.807) is 0 Å². The first-order valence-electron chi connectivity index (χ1n) is 19.6. The molecule has 4 heterocycles. The number of benzene rings is 8. The average molecular weight is 740 g/mol. The van der Waals surface area contributed by atoms with Gasteiger partial charge in [-0.25, -0.2) is 15.0 Å². The summed E-state index contributed by atoms with van der Waals surface area (Å²) in [6.45, 7) is 0. The van der Waals surface area contributed by atoms with Crippen LogP contribution in [0.3, 0.4) is 0 Å². The van der Waals surface area contributed by atoms with Crippen LogP contribution >= 0.6 is 0 Å². The average Bonchev–Trinajstić information content (AvgIpc) is 3.86. The van der Waals surface area contributed by atoms with Gasteiger partial charge in [-0.1, -0.05) is 158 Å². The Morgan fingerprint density at radius 1 is 0.293 bits per heavy atom. The molecule has 5 nitrogen and oxygen atoms in total. The molecule has 5 heteroatoms. The van der Waals surface area contributed by atoms with Crippen LogP contribution in [0.15, 0.2) is 200 Å². The van der Waals surface area contributed by atoms with Crippen LogP contribution in [0.2, 0.25) is 0 Å². The van der Waals surface area contributed by atoms with Crippen molar-refractivity contribution in [1.82, 2.24) is 23.9 Å². The number of para-hydroxylation sites is 2. The van der Waals surface area contributed by atoms with E-state index >= 15 is 0 Å². The van der Waals surface area contributed by atoms with E-state index in [1.807, 2.05) is 60.7 Å². The molecule has 0 N–H and O–H groups in total. The van der Waals surface area contributed by atoms with Crippen LogP contribution in [0.5, 0.6) is 0 Å². The second kappa shape index (κ2) is 12.8. The van der Waals surface area contributed by atoms with Crippen molar-refractivity contribution in [3.8, 4) is 51.0 Å². The van der Waals surface area contributed by atoms with Gasteiger partial charge in [0.25, 0.3) is 0 Å². The van der Waals surface area contributed by atoms with Crippen molar-refractivity contribution in [2.45, 2.75) is 0 Å². The molecule has 0 radical (unpaired) electrons. The third-order valence-corrected chi connectivity index (χ3v) is 11.5. The Morgan fingerprint density at radius 3 is 1.41 bits per heavy atom. The van der Waals surface area contributed by atoms with Crippen LogP contribution in [0, 0.1) is 0 Å². The minimum absolute atomic E-state index is 0.645. The number of hydrogen-bond acceptors (Lipinski definition) is 3. The standard InChI is InChI=1S/C53H33N5/c1-3-13-36(14-4-1)51-54-52(37-15-5-2-6-16-37)56-53(55-51)38-25-23-34(24-26-38)35-27-29-40(30-28-35)57-45-22-12-10-20-43(45)50-46(57)31-32-47-49(50)42-19-9-8-18-41(42)48-33-39-17-7-11-21-44(39)58(47)48/h1-33H. The summed E-state index contributed by atoms with van der Waals surface area (Å²) in [4.78, 5) is 14.7. The van der Waals surface area contributed by atoms with E-state index < -0.39 is 0 Å². The number of hydrogen-bond donors (Lipinski definition) is 0. The normalized spacial score (nSPS) is 11.8. The van der Waals surface area contributed by atoms with Crippen LogP contribution in [-0.4, -0.2) is 23.9 Å². The maximum absolute atomic E-state index is 4.93. The molecule has 12 aromatic rings. The first-order chi connectivity index (χ1) is 28.8. The monoisotopic (exact) mass is 739 g/mol. The number of aromatic nitrogens is 5. The molecule has 4 aromatic heterocycles. The molecule has 270 valence electrons. The summed E-state index contributed by atoms with van der Waals surface area (Å²) in [5.74, 6) is 1.95. The van der Waals surface area contributed by atoms with Crippen molar-refractivity contribution >= 4 is 59.9 Å². The first kappa shape index (κ1) is 32.4. The van der Waals surface area contributed by atoms with Crippen molar-refractivity contribution in [1.29, 1.82) is 0 Å². The van der Waals surface area contributed by atoms with Crippen LogP contribution in [0.1, 0.15) is 0 Å². The predicted octanol–water partition coefficient (Wildman–Crippen LogP) is 13.3. The number of pyridine rings is 1. The lowest BCUT2D eigenvalue weighted by Crippen LogP contribution is -2.00. The van der Waals surface area contributed by atoms with Gasteiger partial charge < -0.3 is 8.97 Å². The Balaban J connectivity index is 0.965. The predicted molar refractivity (Wildman–Crippen MR) is 239 cm³/mol. The molecule has 58 heavy (non-hydrogen) atoms. The summed E-state index contributed by atoms with van der Waals surface area (Å²) in [5.41, 5.74) is 12.3. The third kappa shape index (κ3) is 5.00. The highest BCUT2D eigenvalue weighted by Crippen LogP contribution is 2.42. The quantitative estimate of drug-likeness (QED) is 0.165. The first-order valence-corrected chi connectivity index (χ1v) is 19.6. The Hall–Kier alpha value is -7.89. The van der Waals surface area contributed by atoms with Crippen molar-refractivity contribution in [3.05, 3.63) is 200 Å². The van der Waals surface area contributed by atoms with Crippen LogP contribution in [0.25, 0.3) is 111 Å². The van der Waals surface area contributed by atoms with Crippen LogP contribution in [0.4, 0.5) is 0 Å². The van der Waals surface area contributed by atoms with Crippen LogP contribution in [-0.2, 0) is 0 Å². The number of fused-ring (bicyclic) bond motifs is 12. The van der Waals surface area contributed by atoms with E-state index in [0.29, 0.717) is 17.5 Å². The van der Waals surface area contributed by atoms with Gasteiger partial charge in [-0.3, -0.25) is 0 Å². The summed E-state index contributed by atoms with van der Waals surface area (Å²) in [7, 11) is 0. The van der Waals surface area contributed by atoms with Gasteiger partial charge in [0.05, 0.1) is 27.6 Å². The van der Waals surface area contributed by atoms with Gasteiger partial charge in [0.2, 0.25) is 0 Å². The summed E-state index contributed by atoms with van der Waals surface area (Å²) in [5, 5.41) is 7.57. The van der Waals surface area contributed by atoms with E-state index in [-0.39, 0.29) is 0 Å². The summed E-state index contributed by atoms with van der Waals surface area (Å²) in [6, 6.07) is 71.0. The van der Waals surface area contributed by atoms with Crippen molar-refractivity contribution in [2.24, 2.45) is 0 Å². The topological polar surface area (TPSA) is 48.0 Å². The fourth-order valence-electron chi connectivity index (χ4n) is 8.88. The summed E-state index contributed by atoms with van der Waals surface area (Å²) in [6.07, 6.45) is 0. The molecule has 0 amide bonds. The zero-order valence-corrected chi connectivity index (χ0v) is 31.3. The largest absolute Gasteiger partial charge is 0.309 e. The Bertz CT molecular complexity index is 3470. The smallest absolute Gasteiger partial charge is 0.164 e.